The van der Waals surface area contributed by atoms with Gasteiger partial charge in [-0.25, -0.2) is 10.9 Å². The van der Waals surface area contributed by atoms with Crippen LogP contribution in [-0.4, -0.2) is 23.2 Å². The van der Waals surface area contributed by atoms with Gasteiger partial charge in [-0.3, -0.25) is 14.8 Å². The van der Waals surface area contributed by atoms with E-state index in [2.05, 4.69) is 26.5 Å². The quantitative estimate of drug-likeness (QED) is 0.443. The van der Waals surface area contributed by atoms with Crippen LogP contribution < -0.4 is 10.9 Å². The zero-order valence-electron chi connectivity index (χ0n) is 11.3. The molecular formula is C15H12BrN3O3. The average Bonchev–Trinajstić information content (AvgIpc) is 2.56. The Morgan fingerprint density at radius 1 is 1.05 bits per heavy atom. The van der Waals surface area contributed by atoms with Crippen LogP contribution in [0.3, 0.4) is 0 Å². The van der Waals surface area contributed by atoms with Crippen LogP contribution in [-0.2, 0) is 0 Å². The maximum atomic E-state index is 12.0. The first kappa shape index (κ1) is 15.9. The van der Waals surface area contributed by atoms with E-state index >= 15 is 0 Å². The molecule has 7 heteroatoms. The smallest absolute Gasteiger partial charge is 0.274 e. The SMILES string of the molecule is O=C(NO)c1cccc(C(=O)N/N=C/c2ccccc2Br)c1. The molecule has 0 heterocycles. The number of hydroxylamine groups is 1. The molecule has 2 aromatic carbocycles. The first-order chi connectivity index (χ1) is 10.6. The van der Waals surface area contributed by atoms with E-state index in [0.29, 0.717) is 0 Å². The molecule has 0 aliphatic carbocycles. The number of hydrogen-bond donors (Lipinski definition) is 3. The fraction of sp³-hybridized carbons (Fsp3) is 0. The van der Waals surface area contributed by atoms with Gasteiger partial charge in [-0.15, -0.1) is 0 Å². The minimum Gasteiger partial charge on any atom is -0.288 e. The number of nitrogens with one attached hydrogen (secondary N) is 2. The number of hydrogen-bond acceptors (Lipinski definition) is 4. The Bertz CT molecular complexity index is 731. The van der Waals surface area contributed by atoms with Crippen molar-refractivity contribution in [3.63, 3.8) is 0 Å². The summed E-state index contributed by atoms with van der Waals surface area (Å²) in [6.07, 6.45) is 1.51. The monoisotopic (exact) mass is 361 g/mol. The Kier molecular flexibility index (Phi) is 5.40. The van der Waals surface area contributed by atoms with E-state index in [-0.39, 0.29) is 11.1 Å². The highest BCUT2D eigenvalue weighted by Gasteiger charge is 2.09. The summed E-state index contributed by atoms with van der Waals surface area (Å²) in [5.41, 5.74) is 5.13. The molecule has 2 amide bonds. The molecule has 0 bridgehead atoms. The molecule has 0 aliphatic heterocycles. The van der Waals surface area contributed by atoms with Crippen LogP contribution in [0.2, 0.25) is 0 Å². The standard InChI is InChI=1S/C15H12BrN3O3/c16-13-7-2-1-4-12(13)9-17-18-14(20)10-5-3-6-11(8-10)15(21)19-22/h1-9,22H,(H,18,20)(H,19,21)/b17-9+. The third kappa shape index (κ3) is 4.00. The summed E-state index contributed by atoms with van der Waals surface area (Å²) in [6, 6.07) is 13.3. The van der Waals surface area contributed by atoms with E-state index in [1.54, 1.807) is 0 Å². The second-order valence-electron chi connectivity index (χ2n) is 4.24. The van der Waals surface area contributed by atoms with Gasteiger partial charge >= 0.3 is 0 Å². The van der Waals surface area contributed by atoms with Gasteiger partial charge in [0.1, 0.15) is 0 Å². The normalized spacial score (nSPS) is 10.5. The van der Waals surface area contributed by atoms with Crippen molar-refractivity contribution < 1.29 is 14.8 Å². The van der Waals surface area contributed by atoms with Crippen molar-refractivity contribution in [3.05, 3.63) is 69.7 Å². The molecule has 0 fully saturated rings. The van der Waals surface area contributed by atoms with Crippen LogP contribution in [0.5, 0.6) is 0 Å². The zero-order chi connectivity index (χ0) is 15.9. The summed E-state index contributed by atoms with van der Waals surface area (Å²) in [6.45, 7) is 0. The molecule has 112 valence electrons. The second-order valence-corrected chi connectivity index (χ2v) is 5.10. The van der Waals surface area contributed by atoms with Gasteiger partial charge in [0.05, 0.1) is 6.21 Å². The van der Waals surface area contributed by atoms with Crippen LogP contribution in [0, 0.1) is 0 Å². The van der Waals surface area contributed by atoms with Crippen molar-refractivity contribution in [2.45, 2.75) is 0 Å². The van der Waals surface area contributed by atoms with Crippen molar-refractivity contribution in [2.75, 3.05) is 0 Å². The maximum absolute atomic E-state index is 12.0. The largest absolute Gasteiger partial charge is 0.288 e. The molecule has 6 nitrogen and oxygen atoms in total. The van der Waals surface area contributed by atoms with Gasteiger partial charge in [0.25, 0.3) is 11.8 Å². The van der Waals surface area contributed by atoms with Crippen LogP contribution >= 0.6 is 15.9 Å². The van der Waals surface area contributed by atoms with E-state index < -0.39 is 11.8 Å². The molecule has 0 unspecified atom stereocenters. The molecule has 22 heavy (non-hydrogen) atoms. The third-order valence-electron chi connectivity index (χ3n) is 2.76. The van der Waals surface area contributed by atoms with Gasteiger partial charge in [-0.05, 0) is 24.3 Å². The molecule has 3 N–H and O–H groups in total. The predicted molar refractivity (Wildman–Crippen MR) is 84.9 cm³/mol. The first-order valence-electron chi connectivity index (χ1n) is 6.24. The van der Waals surface area contributed by atoms with Crippen molar-refractivity contribution in [1.29, 1.82) is 0 Å². The fourth-order valence-corrected chi connectivity index (χ4v) is 2.06. The predicted octanol–water partition coefficient (Wildman–Crippen LogP) is 2.33. The van der Waals surface area contributed by atoms with Crippen LogP contribution in [0.4, 0.5) is 0 Å². The number of rotatable bonds is 4. The highest BCUT2D eigenvalue weighted by molar-refractivity contribution is 9.10. The van der Waals surface area contributed by atoms with Gasteiger partial charge in [-0.2, -0.15) is 5.10 Å². The van der Waals surface area contributed by atoms with Gasteiger partial charge in [0.2, 0.25) is 0 Å². The Morgan fingerprint density at radius 3 is 2.41 bits per heavy atom. The van der Waals surface area contributed by atoms with Crippen molar-refractivity contribution in [1.82, 2.24) is 10.9 Å². The average molecular weight is 362 g/mol. The number of carbonyl (C=O) groups excluding carboxylic acids is 2. The van der Waals surface area contributed by atoms with Crippen molar-refractivity contribution in [3.8, 4) is 0 Å². The molecule has 0 aliphatic rings. The molecule has 0 radical (unpaired) electrons. The number of amides is 2. The Labute approximate surface area is 134 Å². The molecule has 0 atom stereocenters. The zero-order valence-corrected chi connectivity index (χ0v) is 12.9. The summed E-state index contributed by atoms with van der Waals surface area (Å²) in [5.74, 6) is -1.15. The van der Waals surface area contributed by atoms with E-state index in [1.165, 1.54) is 36.0 Å². The van der Waals surface area contributed by atoms with Gasteiger partial charge in [0, 0.05) is 21.2 Å². The first-order valence-corrected chi connectivity index (χ1v) is 7.03. The van der Waals surface area contributed by atoms with Gasteiger partial charge in [-0.1, -0.05) is 40.2 Å². The summed E-state index contributed by atoms with van der Waals surface area (Å²) in [5, 5.41) is 12.5. The molecule has 2 rings (SSSR count). The lowest BCUT2D eigenvalue weighted by Crippen LogP contribution is -2.21. The van der Waals surface area contributed by atoms with Gasteiger partial charge < -0.3 is 0 Å². The van der Waals surface area contributed by atoms with E-state index in [1.807, 2.05) is 24.3 Å². The molecule has 0 spiro atoms. The Morgan fingerprint density at radius 2 is 1.73 bits per heavy atom. The topological polar surface area (TPSA) is 90.8 Å². The summed E-state index contributed by atoms with van der Waals surface area (Å²) in [7, 11) is 0. The highest BCUT2D eigenvalue weighted by atomic mass is 79.9. The van der Waals surface area contributed by atoms with Gasteiger partial charge in [0.15, 0.2) is 0 Å². The van der Waals surface area contributed by atoms with E-state index in [4.69, 9.17) is 5.21 Å². The fourth-order valence-electron chi connectivity index (χ4n) is 1.67. The Hall–Kier alpha value is -2.51. The summed E-state index contributed by atoms with van der Waals surface area (Å²) in [4.78, 5) is 23.2. The second kappa shape index (κ2) is 7.48. The maximum Gasteiger partial charge on any atom is 0.274 e. The highest BCUT2D eigenvalue weighted by Crippen LogP contribution is 2.13. The molecule has 0 aromatic heterocycles. The third-order valence-corrected chi connectivity index (χ3v) is 3.49. The lowest BCUT2D eigenvalue weighted by atomic mass is 10.1. The van der Waals surface area contributed by atoms with Crippen molar-refractivity contribution in [2.24, 2.45) is 5.10 Å². The molecule has 0 saturated carbocycles. The number of nitrogens with zero attached hydrogens (tertiary/aromatic N) is 1. The molecule has 2 aromatic rings. The molecule has 0 saturated heterocycles. The summed E-state index contributed by atoms with van der Waals surface area (Å²) >= 11 is 3.37. The van der Waals surface area contributed by atoms with Crippen molar-refractivity contribution >= 4 is 34.0 Å². The lowest BCUT2D eigenvalue weighted by Gasteiger charge is -2.03. The molecular weight excluding hydrogens is 350 g/mol. The van der Waals surface area contributed by atoms with E-state index in [9.17, 15) is 9.59 Å². The minimum atomic E-state index is -0.689. The van der Waals surface area contributed by atoms with Crippen LogP contribution in [0.25, 0.3) is 0 Å². The minimum absolute atomic E-state index is 0.171. The Balaban J connectivity index is 2.07. The lowest BCUT2D eigenvalue weighted by molar-refractivity contribution is 0.0706. The van der Waals surface area contributed by atoms with Crippen LogP contribution in [0.15, 0.2) is 58.1 Å². The van der Waals surface area contributed by atoms with E-state index in [0.717, 1.165) is 10.0 Å². The summed E-state index contributed by atoms with van der Waals surface area (Å²) < 4.78 is 0.856. The number of benzene rings is 2. The number of hydrazone groups is 1. The number of carbonyl (C=O) groups is 2. The number of halogens is 1. The van der Waals surface area contributed by atoms with Crippen LogP contribution in [0.1, 0.15) is 26.3 Å².